The van der Waals surface area contributed by atoms with Gasteiger partial charge >= 0.3 is 0 Å². The highest BCUT2D eigenvalue weighted by Gasteiger charge is 2.09. The lowest BCUT2D eigenvalue weighted by Gasteiger charge is -2.10. The van der Waals surface area contributed by atoms with Crippen LogP contribution in [0, 0.1) is 0 Å². The molecule has 130 valence electrons. The molecule has 4 aromatic rings. The topological polar surface area (TPSA) is 72.7 Å². The minimum atomic E-state index is -0.0151. The normalized spacial score (nSPS) is 10.9. The van der Waals surface area contributed by atoms with E-state index in [1.165, 1.54) is 11.0 Å². The van der Waals surface area contributed by atoms with Crippen molar-refractivity contribution in [1.29, 1.82) is 0 Å². The van der Waals surface area contributed by atoms with Crippen molar-refractivity contribution >= 4 is 33.1 Å². The lowest BCUT2D eigenvalue weighted by atomic mass is 10.2. The first-order valence-corrected chi connectivity index (χ1v) is 9.19. The summed E-state index contributed by atoms with van der Waals surface area (Å²) in [6.07, 6.45) is 5.09. The summed E-state index contributed by atoms with van der Waals surface area (Å²) in [5, 5.41) is 8.16. The van der Waals surface area contributed by atoms with Crippen LogP contribution in [0.25, 0.3) is 15.9 Å². The second-order valence-electron chi connectivity index (χ2n) is 5.83. The molecule has 1 N–H and O–H groups in total. The first-order chi connectivity index (χ1) is 12.8. The predicted molar refractivity (Wildman–Crippen MR) is 103 cm³/mol. The molecule has 0 aliphatic rings. The molecule has 4 rings (SSSR count). The molecule has 1 amide bonds. The van der Waals surface area contributed by atoms with E-state index in [0.717, 1.165) is 34.7 Å². The van der Waals surface area contributed by atoms with E-state index < -0.39 is 0 Å². The summed E-state index contributed by atoms with van der Waals surface area (Å²) in [7, 11) is 0. The molecule has 0 fully saturated rings. The average Bonchev–Trinajstić information content (AvgIpc) is 3.31. The standard InChI is InChI=1S/C19H17N5OS/c25-18(10-5-11-19-23-15-7-2-4-9-17(15)26-19)22-14-6-1-3-8-16(14)24-13-20-12-21-24/h1-4,6-9,12-13H,5,10-11H2,(H,22,25). The van der Waals surface area contributed by atoms with Crippen LogP contribution in [0.3, 0.4) is 0 Å². The fourth-order valence-corrected chi connectivity index (χ4v) is 3.76. The summed E-state index contributed by atoms with van der Waals surface area (Å²) in [6.45, 7) is 0. The maximum atomic E-state index is 12.3. The monoisotopic (exact) mass is 363 g/mol. The molecule has 0 spiro atoms. The van der Waals surface area contributed by atoms with Gasteiger partial charge in [0.05, 0.1) is 26.6 Å². The van der Waals surface area contributed by atoms with E-state index in [1.54, 1.807) is 22.3 Å². The maximum Gasteiger partial charge on any atom is 0.224 e. The number of benzene rings is 2. The van der Waals surface area contributed by atoms with Gasteiger partial charge in [-0.25, -0.2) is 14.6 Å². The second-order valence-corrected chi connectivity index (χ2v) is 6.95. The number of hydrogen-bond acceptors (Lipinski definition) is 5. The van der Waals surface area contributed by atoms with Gasteiger partial charge in [0.1, 0.15) is 12.7 Å². The Morgan fingerprint density at radius 1 is 1.12 bits per heavy atom. The number of nitrogens with one attached hydrogen (secondary N) is 1. The van der Waals surface area contributed by atoms with Crippen LogP contribution in [0.2, 0.25) is 0 Å². The Kier molecular flexibility index (Phi) is 4.70. The lowest BCUT2D eigenvalue weighted by Crippen LogP contribution is -2.13. The largest absolute Gasteiger partial charge is 0.324 e. The predicted octanol–water partition coefficient (Wildman–Crippen LogP) is 3.84. The van der Waals surface area contributed by atoms with Crippen molar-refractivity contribution in [2.75, 3.05) is 5.32 Å². The summed E-state index contributed by atoms with van der Waals surface area (Å²) < 4.78 is 2.82. The Morgan fingerprint density at radius 3 is 2.81 bits per heavy atom. The van der Waals surface area contributed by atoms with Gasteiger partial charge in [0.25, 0.3) is 0 Å². The summed E-state index contributed by atoms with van der Waals surface area (Å²) in [4.78, 5) is 20.9. The quantitative estimate of drug-likeness (QED) is 0.565. The Hall–Kier alpha value is -3.06. The van der Waals surface area contributed by atoms with E-state index in [0.29, 0.717) is 6.42 Å². The van der Waals surface area contributed by atoms with Gasteiger partial charge in [-0.15, -0.1) is 11.3 Å². The minimum absolute atomic E-state index is 0.0151. The van der Waals surface area contributed by atoms with Crippen molar-refractivity contribution in [3.8, 4) is 5.69 Å². The zero-order valence-corrected chi connectivity index (χ0v) is 14.8. The SMILES string of the molecule is O=C(CCCc1nc2ccccc2s1)Nc1ccccc1-n1cncn1. The van der Waals surface area contributed by atoms with Crippen molar-refractivity contribution in [3.05, 3.63) is 66.2 Å². The second kappa shape index (κ2) is 7.45. The van der Waals surface area contributed by atoms with Crippen LogP contribution in [0.5, 0.6) is 0 Å². The van der Waals surface area contributed by atoms with Crippen molar-refractivity contribution in [3.63, 3.8) is 0 Å². The molecule has 2 heterocycles. The van der Waals surface area contributed by atoms with Gasteiger partial charge in [-0.3, -0.25) is 4.79 Å². The van der Waals surface area contributed by atoms with E-state index in [4.69, 9.17) is 0 Å². The third-order valence-electron chi connectivity index (χ3n) is 3.98. The van der Waals surface area contributed by atoms with E-state index in [1.807, 2.05) is 42.5 Å². The van der Waals surface area contributed by atoms with Crippen molar-refractivity contribution < 1.29 is 4.79 Å². The summed E-state index contributed by atoms with van der Waals surface area (Å²) in [5.74, 6) is -0.0151. The van der Waals surface area contributed by atoms with Crippen molar-refractivity contribution in [1.82, 2.24) is 19.7 Å². The van der Waals surface area contributed by atoms with Crippen LogP contribution in [0.1, 0.15) is 17.8 Å². The highest BCUT2D eigenvalue weighted by atomic mass is 32.1. The molecular formula is C19H17N5OS. The highest BCUT2D eigenvalue weighted by Crippen LogP contribution is 2.23. The number of fused-ring (bicyclic) bond motifs is 1. The zero-order chi connectivity index (χ0) is 17.8. The van der Waals surface area contributed by atoms with Crippen LogP contribution in [0.15, 0.2) is 61.2 Å². The molecule has 26 heavy (non-hydrogen) atoms. The number of anilines is 1. The highest BCUT2D eigenvalue weighted by molar-refractivity contribution is 7.18. The number of thiazole rings is 1. The smallest absolute Gasteiger partial charge is 0.224 e. The van der Waals surface area contributed by atoms with Gasteiger partial charge in [-0.1, -0.05) is 24.3 Å². The van der Waals surface area contributed by atoms with Gasteiger partial charge in [0.15, 0.2) is 0 Å². The molecule has 0 unspecified atom stereocenters. The lowest BCUT2D eigenvalue weighted by molar-refractivity contribution is -0.116. The number of hydrogen-bond donors (Lipinski definition) is 1. The van der Waals surface area contributed by atoms with Gasteiger partial charge in [0, 0.05) is 6.42 Å². The molecule has 0 aliphatic heterocycles. The van der Waals surface area contributed by atoms with E-state index in [-0.39, 0.29) is 5.91 Å². The number of aromatic nitrogens is 4. The molecule has 2 aromatic heterocycles. The van der Waals surface area contributed by atoms with Crippen LogP contribution in [-0.4, -0.2) is 25.7 Å². The number of para-hydroxylation sites is 3. The third kappa shape index (κ3) is 3.62. The first kappa shape index (κ1) is 16.4. The van der Waals surface area contributed by atoms with Crippen LogP contribution < -0.4 is 5.32 Å². The van der Waals surface area contributed by atoms with Crippen LogP contribution in [0.4, 0.5) is 5.69 Å². The molecule has 2 aromatic carbocycles. The Bertz CT molecular complexity index is 992. The van der Waals surface area contributed by atoms with Gasteiger partial charge in [-0.2, -0.15) is 5.10 Å². The zero-order valence-electron chi connectivity index (χ0n) is 14.0. The number of amides is 1. The number of carbonyl (C=O) groups is 1. The van der Waals surface area contributed by atoms with Crippen LogP contribution in [-0.2, 0) is 11.2 Å². The van der Waals surface area contributed by atoms with Gasteiger partial charge < -0.3 is 5.32 Å². The molecule has 0 saturated heterocycles. The van der Waals surface area contributed by atoms with E-state index >= 15 is 0 Å². The van der Waals surface area contributed by atoms with Crippen LogP contribution >= 0.6 is 11.3 Å². The Morgan fingerprint density at radius 2 is 1.96 bits per heavy atom. The number of nitrogens with zero attached hydrogens (tertiary/aromatic N) is 4. The number of carbonyl (C=O) groups excluding carboxylic acids is 1. The number of rotatable bonds is 6. The Labute approximate surface area is 154 Å². The molecular weight excluding hydrogens is 346 g/mol. The van der Waals surface area contributed by atoms with Gasteiger partial charge in [-0.05, 0) is 37.1 Å². The van der Waals surface area contributed by atoms with Gasteiger partial charge in [0.2, 0.25) is 5.91 Å². The molecule has 6 nitrogen and oxygen atoms in total. The summed E-state index contributed by atoms with van der Waals surface area (Å²) >= 11 is 1.69. The van der Waals surface area contributed by atoms with E-state index in [9.17, 15) is 4.79 Å². The van der Waals surface area contributed by atoms with Crippen molar-refractivity contribution in [2.45, 2.75) is 19.3 Å². The molecule has 0 bridgehead atoms. The molecule has 0 saturated carbocycles. The minimum Gasteiger partial charge on any atom is -0.324 e. The third-order valence-corrected chi connectivity index (χ3v) is 5.07. The molecule has 7 heteroatoms. The first-order valence-electron chi connectivity index (χ1n) is 8.38. The van der Waals surface area contributed by atoms with Crippen molar-refractivity contribution in [2.24, 2.45) is 0 Å². The fraction of sp³-hybridized carbons (Fsp3) is 0.158. The molecule has 0 radical (unpaired) electrons. The maximum absolute atomic E-state index is 12.3. The summed E-state index contributed by atoms with van der Waals surface area (Å²) in [5.41, 5.74) is 2.55. The van der Waals surface area contributed by atoms with E-state index in [2.05, 4.69) is 26.4 Å². The Balaban J connectivity index is 1.36. The molecule has 0 aliphatic carbocycles. The number of aryl methyl sites for hydroxylation is 1. The average molecular weight is 363 g/mol. The molecule has 0 atom stereocenters. The fourth-order valence-electron chi connectivity index (χ4n) is 2.75. The summed E-state index contributed by atoms with van der Waals surface area (Å²) in [6, 6.07) is 15.6.